The van der Waals surface area contributed by atoms with Crippen LogP contribution >= 0.6 is 34.2 Å². The number of H-pyrrole nitrogens is 1. The SMILES string of the molecule is Cn1c(=O)c2c(n1Cc1ccccc1C(F)I)CCN(c1cn[nH]c(=O)c1Cl)C2. The van der Waals surface area contributed by atoms with Crippen molar-refractivity contribution < 1.29 is 4.39 Å². The molecule has 2 aromatic heterocycles. The second kappa shape index (κ2) is 7.94. The van der Waals surface area contributed by atoms with Gasteiger partial charge in [-0.3, -0.25) is 19.0 Å². The van der Waals surface area contributed by atoms with Crippen molar-refractivity contribution in [2.45, 2.75) is 23.7 Å². The van der Waals surface area contributed by atoms with Gasteiger partial charge in [0.05, 0.1) is 30.5 Å². The standard InChI is InChI=1S/C19H18ClFIN5O2/c1-25-19(29)13-10-26(15-8-23-24-18(28)16(15)20)7-6-14(13)27(25)9-11-4-2-3-5-12(11)17(21)22/h2-5,8,17H,6-7,9-10H2,1H3,(H,24,28). The van der Waals surface area contributed by atoms with Crippen molar-refractivity contribution in [3.8, 4) is 0 Å². The first-order valence-corrected chi connectivity index (χ1v) is 10.6. The molecule has 3 aromatic rings. The van der Waals surface area contributed by atoms with Gasteiger partial charge in [-0.1, -0.05) is 35.9 Å². The van der Waals surface area contributed by atoms with Crippen molar-refractivity contribution in [1.82, 2.24) is 19.6 Å². The Hall–Kier alpha value is -2.14. The third kappa shape index (κ3) is 3.61. The summed E-state index contributed by atoms with van der Waals surface area (Å²) >= 11 is 7.88. The smallest absolute Gasteiger partial charge is 0.285 e. The van der Waals surface area contributed by atoms with Crippen LogP contribution in [-0.2, 0) is 26.6 Å². The molecule has 1 atom stereocenters. The van der Waals surface area contributed by atoms with Crippen LogP contribution < -0.4 is 16.0 Å². The summed E-state index contributed by atoms with van der Waals surface area (Å²) in [6.45, 7) is 1.33. The normalized spacial score (nSPS) is 14.7. The van der Waals surface area contributed by atoms with E-state index in [1.54, 1.807) is 40.4 Å². The Labute approximate surface area is 184 Å². The molecule has 1 aliphatic rings. The minimum absolute atomic E-state index is 0.0599. The third-order valence-electron chi connectivity index (χ3n) is 5.27. The molecule has 0 aliphatic carbocycles. The molecule has 0 fully saturated rings. The zero-order chi connectivity index (χ0) is 20.7. The first kappa shape index (κ1) is 20.1. The van der Waals surface area contributed by atoms with E-state index in [9.17, 15) is 14.0 Å². The Morgan fingerprint density at radius 2 is 2.10 bits per heavy atom. The van der Waals surface area contributed by atoms with E-state index in [-0.39, 0.29) is 10.6 Å². The molecule has 0 bridgehead atoms. The number of hydrogen-bond donors (Lipinski definition) is 1. The Morgan fingerprint density at radius 1 is 1.34 bits per heavy atom. The molecule has 4 rings (SSSR count). The molecule has 29 heavy (non-hydrogen) atoms. The fourth-order valence-electron chi connectivity index (χ4n) is 3.77. The lowest BCUT2D eigenvalue weighted by atomic mass is 10.1. The highest BCUT2D eigenvalue weighted by Gasteiger charge is 2.27. The number of fused-ring (bicyclic) bond motifs is 1. The second-order valence-electron chi connectivity index (χ2n) is 6.88. The summed E-state index contributed by atoms with van der Waals surface area (Å²) < 4.78 is 16.4. The van der Waals surface area contributed by atoms with Crippen molar-refractivity contribution in [2.24, 2.45) is 7.05 Å². The molecule has 0 radical (unpaired) electrons. The summed E-state index contributed by atoms with van der Waals surface area (Å²) in [7, 11) is 1.71. The molecule has 7 nitrogen and oxygen atoms in total. The first-order chi connectivity index (χ1) is 13.9. The number of benzene rings is 1. The third-order valence-corrected chi connectivity index (χ3v) is 6.31. The molecule has 1 aromatic carbocycles. The molecule has 0 amide bonds. The van der Waals surface area contributed by atoms with Gasteiger partial charge in [-0.05, 0) is 28.2 Å². The number of rotatable bonds is 4. The molecule has 10 heteroatoms. The predicted octanol–water partition coefficient (Wildman–Crippen LogP) is 2.94. The molecule has 0 saturated heterocycles. The fourth-order valence-corrected chi connectivity index (χ4v) is 4.59. The lowest BCUT2D eigenvalue weighted by Gasteiger charge is -2.29. The molecule has 0 spiro atoms. The number of nitrogens with zero attached hydrogens (tertiary/aromatic N) is 4. The summed E-state index contributed by atoms with van der Waals surface area (Å²) in [6.07, 6.45) is 2.09. The predicted molar refractivity (Wildman–Crippen MR) is 118 cm³/mol. The summed E-state index contributed by atoms with van der Waals surface area (Å²) in [6, 6.07) is 7.33. The maximum atomic E-state index is 14.0. The highest BCUT2D eigenvalue weighted by Crippen LogP contribution is 2.30. The van der Waals surface area contributed by atoms with Gasteiger partial charge in [0.2, 0.25) is 0 Å². The molecule has 152 valence electrons. The number of aromatic amines is 1. The maximum absolute atomic E-state index is 14.0. The van der Waals surface area contributed by atoms with Gasteiger partial charge in [0.15, 0.2) is 4.18 Å². The Balaban J connectivity index is 1.71. The largest absolute Gasteiger partial charge is 0.364 e. The van der Waals surface area contributed by atoms with Gasteiger partial charge in [0.25, 0.3) is 11.1 Å². The number of nitrogens with one attached hydrogen (secondary N) is 1. The van der Waals surface area contributed by atoms with Gasteiger partial charge < -0.3 is 4.90 Å². The minimum Gasteiger partial charge on any atom is -0.364 e. The van der Waals surface area contributed by atoms with E-state index in [2.05, 4.69) is 10.2 Å². The fraction of sp³-hybridized carbons (Fsp3) is 0.316. The molecule has 1 unspecified atom stereocenters. The van der Waals surface area contributed by atoms with Gasteiger partial charge in [-0.2, -0.15) is 5.10 Å². The van der Waals surface area contributed by atoms with Crippen LogP contribution in [0.1, 0.15) is 26.6 Å². The number of hydrogen-bond acceptors (Lipinski definition) is 4. The Kier molecular flexibility index (Phi) is 5.52. The second-order valence-corrected chi connectivity index (χ2v) is 8.35. The number of halogens is 3. The average Bonchev–Trinajstić information content (AvgIpc) is 2.95. The van der Waals surface area contributed by atoms with Crippen LogP contribution in [0.2, 0.25) is 5.02 Å². The molecular weight excluding hydrogens is 512 g/mol. The van der Waals surface area contributed by atoms with Crippen molar-refractivity contribution in [1.29, 1.82) is 0 Å². The van der Waals surface area contributed by atoms with Crippen molar-refractivity contribution in [3.63, 3.8) is 0 Å². The van der Waals surface area contributed by atoms with Crippen LogP contribution in [0.5, 0.6) is 0 Å². The first-order valence-electron chi connectivity index (χ1n) is 9.00. The van der Waals surface area contributed by atoms with Crippen LogP contribution in [0.15, 0.2) is 40.1 Å². The summed E-state index contributed by atoms with van der Waals surface area (Å²) in [5, 5.41) is 6.17. The van der Waals surface area contributed by atoms with Gasteiger partial charge >= 0.3 is 0 Å². The monoisotopic (exact) mass is 529 g/mol. The Morgan fingerprint density at radius 3 is 2.86 bits per heavy atom. The zero-order valence-electron chi connectivity index (χ0n) is 15.5. The van der Waals surface area contributed by atoms with Crippen molar-refractivity contribution in [3.05, 3.63) is 78.6 Å². The van der Waals surface area contributed by atoms with Crippen LogP contribution in [0, 0.1) is 0 Å². The van der Waals surface area contributed by atoms with Crippen LogP contribution in [-0.4, -0.2) is 26.1 Å². The minimum atomic E-state index is -1.12. The number of anilines is 1. The number of alkyl halides is 2. The van der Waals surface area contributed by atoms with Crippen molar-refractivity contribution >= 4 is 39.9 Å². The zero-order valence-corrected chi connectivity index (χ0v) is 18.4. The van der Waals surface area contributed by atoms with Crippen LogP contribution in [0.3, 0.4) is 0 Å². The summed E-state index contributed by atoms with van der Waals surface area (Å²) in [5.41, 5.74) is 2.96. The Bertz CT molecular complexity index is 1190. The quantitative estimate of drug-likeness (QED) is 0.417. The highest BCUT2D eigenvalue weighted by molar-refractivity contribution is 14.1. The van der Waals surface area contributed by atoms with E-state index in [0.717, 1.165) is 11.3 Å². The van der Waals surface area contributed by atoms with E-state index < -0.39 is 9.74 Å². The lowest BCUT2D eigenvalue weighted by molar-refractivity contribution is 0.476. The highest BCUT2D eigenvalue weighted by atomic mass is 127. The van der Waals surface area contributed by atoms with Crippen molar-refractivity contribution in [2.75, 3.05) is 11.4 Å². The van der Waals surface area contributed by atoms with Crippen LogP contribution in [0.4, 0.5) is 10.1 Å². The van der Waals surface area contributed by atoms with E-state index in [1.807, 2.05) is 27.8 Å². The van der Waals surface area contributed by atoms with E-state index in [0.29, 0.717) is 42.9 Å². The maximum Gasteiger partial charge on any atom is 0.285 e. The topological polar surface area (TPSA) is 75.9 Å². The lowest BCUT2D eigenvalue weighted by Crippen LogP contribution is -2.34. The van der Waals surface area contributed by atoms with Gasteiger partial charge in [-0.25, -0.2) is 9.49 Å². The van der Waals surface area contributed by atoms with Gasteiger partial charge in [0, 0.05) is 31.3 Å². The molecule has 0 saturated carbocycles. The van der Waals surface area contributed by atoms with Gasteiger partial charge in [-0.15, -0.1) is 0 Å². The molecule has 3 heterocycles. The molecule has 1 aliphatic heterocycles. The van der Waals surface area contributed by atoms with E-state index in [1.165, 1.54) is 6.20 Å². The average molecular weight is 530 g/mol. The van der Waals surface area contributed by atoms with E-state index >= 15 is 0 Å². The van der Waals surface area contributed by atoms with Gasteiger partial charge in [0.1, 0.15) is 5.02 Å². The molecule has 1 N–H and O–H groups in total. The number of aromatic nitrogens is 4. The summed E-state index contributed by atoms with van der Waals surface area (Å²) in [4.78, 5) is 26.5. The molecular formula is C19H18ClFIN5O2. The summed E-state index contributed by atoms with van der Waals surface area (Å²) in [5.74, 6) is 0. The van der Waals surface area contributed by atoms with Crippen LogP contribution in [0.25, 0.3) is 0 Å². The van der Waals surface area contributed by atoms with E-state index in [4.69, 9.17) is 11.6 Å².